The molecule has 0 unspecified atom stereocenters. The first-order valence-electron chi connectivity index (χ1n) is 12.5. The Morgan fingerprint density at radius 2 is 1.94 bits per heavy atom. The monoisotopic (exact) mass is 473 g/mol. The topological polar surface area (TPSA) is 110 Å². The number of nitrogens with one attached hydrogen (secondary N) is 1. The molecule has 0 aliphatic carbocycles. The van der Waals surface area contributed by atoms with Crippen LogP contribution in [0.25, 0.3) is 22.2 Å². The number of hydrogen-bond acceptors (Lipinski definition) is 8. The molecule has 0 saturated carbocycles. The number of ether oxygens (including phenoxy) is 1. The summed E-state index contributed by atoms with van der Waals surface area (Å²) in [5.74, 6) is 0.406. The van der Waals surface area contributed by atoms with E-state index in [0.29, 0.717) is 36.4 Å². The van der Waals surface area contributed by atoms with Gasteiger partial charge in [-0.05, 0) is 63.5 Å². The maximum Gasteiger partial charge on any atom is 0.319 e. The molecule has 3 saturated heterocycles. The second-order valence-corrected chi connectivity index (χ2v) is 9.87. The van der Waals surface area contributed by atoms with Crippen LogP contribution in [0, 0.1) is 0 Å². The first-order chi connectivity index (χ1) is 17.1. The molecule has 1 amide bonds. The smallest absolute Gasteiger partial charge is 0.319 e. The van der Waals surface area contributed by atoms with Crippen molar-refractivity contribution >= 4 is 22.6 Å². The van der Waals surface area contributed by atoms with Crippen molar-refractivity contribution in [3.8, 4) is 17.3 Å². The highest BCUT2D eigenvalue weighted by Gasteiger charge is 2.38. The minimum atomic E-state index is -0.543. The number of nitrogens with two attached hydrogens (primary N) is 1. The van der Waals surface area contributed by atoms with Crippen molar-refractivity contribution in [2.24, 2.45) is 5.73 Å². The molecule has 3 fully saturated rings. The third-order valence-corrected chi connectivity index (χ3v) is 7.65. The minimum absolute atomic E-state index is 0.244. The zero-order valence-corrected chi connectivity index (χ0v) is 20.0. The molecular formula is C26H31N7O2. The third-order valence-electron chi connectivity index (χ3n) is 7.65. The highest BCUT2D eigenvalue weighted by Crippen LogP contribution is 2.37. The SMILES string of the molecule is CN1CCC[C@H]1COc1nc(N2[C@@H]3CC[C@H]2CNC3)c2ccc(-c3cccc(C(N)=O)n3)cc2n1. The molecule has 9 nitrogen and oxygen atoms in total. The number of piperazine rings is 1. The van der Waals surface area contributed by atoms with Gasteiger partial charge in [0.05, 0.1) is 11.2 Å². The average molecular weight is 474 g/mol. The van der Waals surface area contributed by atoms with Crippen molar-refractivity contribution in [2.45, 2.75) is 43.8 Å². The first kappa shape index (κ1) is 22.2. The summed E-state index contributed by atoms with van der Waals surface area (Å²) in [5, 5.41) is 4.56. The molecule has 2 aromatic heterocycles. The summed E-state index contributed by atoms with van der Waals surface area (Å²) in [5.41, 5.74) is 8.05. The molecule has 182 valence electrons. The van der Waals surface area contributed by atoms with Gasteiger partial charge < -0.3 is 25.6 Å². The van der Waals surface area contributed by atoms with Crippen LogP contribution in [0.3, 0.4) is 0 Å². The van der Waals surface area contributed by atoms with E-state index in [1.165, 1.54) is 6.42 Å². The van der Waals surface area contributed by atoms with Crippen molar-refractivity contribution in [1.82, 2.24) is 25.2 Å². The predicted molar refractivity (Wildman–Crippen MR) is 135 cm³/mol. The Morgan fingerprint density at radius 1 is 1.11 bits per heavy atom. The Kier molecular flexibility index (Phi) is 5.74. The number of carbonyl (C=O) groups is 1. The number of carbonyl (C=O) groups excluding carboxylic acids is 1. The molecule has 0 spiro atoms. The van der Waals surface area contributed by atoms with Gasteiger partial charge in [0.15, 0.2) is 0 Å². The molecule has 9 heteroatoms. The Balaban J connectivity index is 1.41. The van der Waals surface area contributed by atoms with Crippen LogP contribution in [0.5, 0.6) is 6.01 Å². The number of hydrogen-bond donors (Lipinski definition) is 2. The summed E-state index contributed by atoms with van der Waals surface area (Å²) < 4.78 is 6.20. The summed E-state index contributed by atoms with van der Waals surface area (Å²) in [4.78, 5) is 30.7. The Labute approximate surface area is 204 Å². The van der Waals surface area contributed by atoms with Gasteiger partial charge in [0.1, 0.15) is 18.1 Å². The number of fused-ring (bicyclic) bond motifs is 3. The number of anilines is 1. The fourth-order valence-corrected chi connectivity index (χ4v) is 5.73. The van der Waals surface area contributed by atoms with Gasteiger partial charge >= 0.3 is 6.01 Å². The van der Waals surface area contributed by atoms with Crippen molar-refractivity contribution in [3.63, 3.8) is 0 Å². The number of primary amides is 1. The van der Waals surface area contributed by atoms with E-state index in [2.05, 4.69) is 33.2 Å². The standard InChI is InChI=1S/C26H31N7O2/c1-32-11-3-4-19(32)15-35-26-30-23-12-16(21-5-2-6-22(29-21)24(27)34)7-10-20(23)25(31-26)33-17-8-9-18(33)14-28-13-17/h2,5-7,10,12,17-19,28H,3-4,8-9,11,13-15H2,1H3,(H2,27,34)/t17-,18+,19-/m0/s1. The molecule has 3 aliphatic rings. The maximum absolute atomic E-state index is 11.6. The lowest BCUT2D eigenvalue weighted by molar-refractivity contribution is 0.0995. The van der Waals surface area contributed by atoms with E-state index in [4.69, 9.17) is 20.4 Å². The summed E-state index contributed by atoms with van der Waals surface area (Å²) in [6.45, 7) is 3.61. The molecule has 5 heterocycles. The van der Waals surface area contributed by atoms with Gasteiger partial charge in [0.2, 0.25) is 0 Å². The van der Waals surface area contributed by atoms with E-state index in [9.17, 15) is 4.79 Å². The molecule has 3 aromatic rings. The minimum Gasteiger partial charge on any atom is -0.462 e. The number of aromatic nitrogens is 3. The Morgan fingerprint density at radius 3 is 2.69 bits per heavy atom. The molecule has 2 bridgehead atoms. The van der Waals surface area contributed by atoms with Crippen LogP contribution in [-0.4, -0.2) is 77.2 Å². The Bertz CT molecular complexity index is 1250. The van der Waals surface area contributed by atoms with Crippen molar-refractivity contribution < 1.29 is 9.53 Å². The van der Waals surface area contributed by atoms with Gasteiger partial charge in [-0.1, -0.05) is 12.1 Å². The highest BCUT2D eigenvalue weighted by molar-refractivity contribution is 5.94. The van der Waals surface area contributed by atoms with E-state index < -0.39 is 5.91 Å². The van der Waals surface area contributed by atoms with Crippen LogP contribution in [0.4, 0.5) is 5.82 Å². The third kappa shape index (κ3) is 4.19. The lowest BCUT2D eigenvalue weighted by Crippen LogP contribution is -2.52. The van der Waals surface area contributed by atoms with Crippen LogP contribution in [0.15, 0.2) is 36.4 Å². The lowest BCUT2D eigenvalue weighted by atomic mass is 10.1. The number of amides is 1. The zero-order chi connectivity index (χ0) is 23.9. The van der Waals surface area contributed by atoms with Crippen LogP contribution < -0.4 is 20.7 Å². The number of likely N-dealkylation sites (tertiary alicyclic amines) is 1. The highest BCUT2D eigenvalue weighted by atomic mass is 16.5. The molecule has 35 heavy (non-hydrogen) atoms. The fraction of sp³-hybridized carbons (Fsp3) is 0.462. The van der Waals surface area contributed by atoms with Gasteiger partial charge in [-0.2, -0.15) is 9.97 Å². The summed E-state index contributed by atoms with van der Waals surface area (Å²) >= 11 is 0. The normalized spacial score (nSPS) is 24.3. The van der Waals surface area contributed by atoms with E-state index in [1.54, 1.807) is 12.1 Å². The maximum atomic E-state index is 11.6. The first-order valence-corrected chi connectivity index (χ1v) is 12.5. The second kappa shape index (κ2) is 9.05. The number of rotatable bonds is 6. The number of likely N-dealkylation sites (N-methyl/N-ethyl adjacent to an activating group) is 1. The summed E-state index contributed by atoms with van der Waals surface area (Å²) in [6.07, 6.45) is 4.65. The largest absolute Gasteiger partial charge is 0.462 e. The predicted octanol–water partition coefficient (Wildman–Crippen LogP) is 2.20. The molecule has 6 rings (SSSR count). The van der Waals surface area contributed by atoms with Crippen molar-refractivity contribution in [3.05, 3.63) is 42.1 Å². The van der Waals surface area contributed by atoms with Gasteiger partial charge in [-0.3, -0.25) is 4.79 Å². The lowest BCUT2D eigenvalue weighted by Gasteiger charge is -2.37. The molecular weight excluding hydrogens is 442 g/mol. The summed E-state index contributed by atoms with van der Waals surface area (Å²) in [6, 6.07) is 13.0. The second-order valence-electron chi connectivity index (χ2n) is 9.87. The van der Waals surface area contributed by atoms with Crippen molar-refractivity contribution in [1.29, 1.82) is 0 Å². The Hall–Kier alpha value is -3.30. The number of benzene rings is 1. The van der Waals surface area contributed by atoms with Gasteiger partial charge in [-0.15, -0.1) is 0 Å². The quantitative estimate of drug-likeness (QED) is 0.561. The van der Waals surface area contributed by atoms with E-state index in [1.807, 2.05) is 18.2 Å². The van der Waals surface area contributed by atoms with Crippen LogP contribution in [0.2, 0.25) is 0 Å². The van der Waals surface area contributed by atoms with Crippen LogP contribution >= 0.6 is 0 Å². The van der Waals surface area contributed by atoms with Crippen LogP contribution in [0.1, 0.15) is 36.2 Å². The summed E-state index contributed by atoms with van der Waals surface area (Å²) in [7, 11) is 2.14. The van der Waals surface area contributed by atoms with E-state index in [0.717, 1.165) is 61.2 Å². The molecule has 3 aliphatic heterocycles. The van der Waals surface area contributed by atoms with Gasteiger partial charge in [0, 0.05) is 42.2 Å². The fourth-order valence-electron chi connectivity index (χ4n) is 5.73. The van der Waals surface area contributed by atoms with Gasteiger partial charge in [-0.25, -0.2) is 4.98 Å². The zero-order valence-electron chi connectivity index (χ0n) is 20.0. The molecule has 0 radical (unpaired) electrons. The van der Waals surface area contributed by atoms with Crippen LogP contribution in [-0.2, 0) is 0 Å². The molecule has 3 atom stereocenters. The average Bonchev–Trinajstić information content (AvgIpc) is 3.39. The van der Waals surface area contributed by atoms with E-state index in [-0.39, 0.29) is 5.69 Å². The number of nitrogens with zero attached hydrogens (tertiary/aromatic N) is 5. The number of pyridine rings is 1. The van der Waals surface area contributed by atoms with E-state index >= 15 is 0 Å². The van der Waals surface area contributed by atoms with Crippen molar-refractivity contribution in [2.75, 3.05) is 38.2 Å². The van der Waals surface area contributed by atoms with Gasteiger partial charge in [0.25, 0.3) is 5.91 Å². The molecule has 1 aromatic carbocycles. The molecule has 3 N–H and O–H groups in total.